The average Bonchev–Trinajstić information content (AvgIpc) is 3.57. The van der Waals surface area contributed by atoms with Crippen LogP contribution in [0.1, 0.15) is 0 Å². The molecule has 0 radical (unpaired) electrons. The molecule has 0 aliphatic rings. The Morgan fingerprint density at radius 3 is 1.67 bits per heavy atom. The Kier molecular flexibility index (Phi) is 6.78. The first-order valence-corrected chi connectivity index (χ1v) is 17.2. The van der Waals surface area contributed by atoms with E-state index in [1.165, 1.54) is 10.8 Å². The second-order valence-electron chi connectivity index (χ2n) is 12.8. The van der Waals surface area contributed by atoms with Crippen molar-refractivity contribution < 1.29 is 0 Å². The van der Waals surface area contributed by atoms with Crippen LogP contribution in [-0.4, -0.2) is 19.5 Å². The number of nitrogens with zero attached hydrogens (tertiary/aromatic N) is 4. The Bertz CT molecular complexity index is 2820. The number of benzene rings is 7. The zero-order valence-corrected chi connectivity index (χ0v) is 27.6. The summed E-state index contributed by atoms with van der Waals surface area (Å²) in [6.45, 7) is 0. The molecule has 0 unspecified atom stereocenters. The highest BCUT2D eigenvalue weighted by atomic mass is 15.0. The molecule has 10 aromatic rings. The van der Waals surface area contributed by atoms with E-state index >= 15 is 0 Å². The van der Waals surface area contributed by atoms with Gasteiger partial charge in [-0.15, -0.1) is 0 Å². The molecule has 3 heterocycles. The van der Waals surface area contributed by atoms with Crippen molar-refractivity contribution in [1.29, 1.82) is 0 Å². The van der Waals surface area contributed by atoms with Crippen molar-refractivity contribution in [3.8, 4) is 50.8 Å². The molecule has 0 saturated carbocycles. The van der Waals surface area contributed by atoms with E-state index in [0.29, 0.717) is 5.82 Å². The molecule has 4 heteroatoms. The average molecular weight is 651 g/mol. The number of aromatic nitrogens is 4. The number of hydrogen-bond acceptors (Lipinski definition) is 3. The van der Waals surface area contributed by atoms with E-state index in [1.807, 2.05) is 36.4 Å². The summed E-state index contributed by atoms with van der Waals surface area (Å²) >= 11 is 0. The van der Waals surface area contributed by atoms with Crippen LogP contribution in [-0.2, 0) is 0 Å². The number of para-hydroxylation sites is 1. The lowest BCUT2D eigenvalue weighted by atomic mass is 10.00. The zero-order chi connectivity index (χ0) is 33.7. The summed E-state index contributed by atoms with van der Waals surface area (Å²) in [5, 5.41) is 5.78. The summed E-state index contributed by atoms with van der Waals surface area (Å²) in [7, 11) is 0. The maximum absolute atomic E-state index is 5.45. The molecule has 51 heavy (non-hydrogen) atoms. The van der Waals surface area contributed by atoms with Gasteiger partial charge in [-0.05, 0) is 29.7 Å². The van der Waals surface area contributed by atoms with Crippen molar-refractivity contribution in [2.24, 2.45) is 0 Å². The van der Waals surface area contributed by atoms with E-state index in [1.54, 1.807) is 0 Å². The van der Waals surface area contributed by atoms with Crippen LogP contribution >= 0.6 is 0 Å². The van der Waals surface area contributed by atoms with Gasteiger partial charge >= 0.3 is 0 Å². The Morgan fingerprint density at radius 2 is 0.961 bits per heavy atom. The lowest BCUT2D eigenvalue weighted by Gasteiger charge is -2.14. The standard InChI is InChI=1S/C47H30N4/c1-4-15-32(16-5-1)40-30-41(49-47(48-40)35-19-8-3-9-20-35)33-24-27-36(28-25-33)51-42-23-13-12-22-38(42)43-44(34-17-6-2-7-18-34)50-45-37-21-11-10-14-31(37)26-29-39(45)46(43)51/h1-30H. The van der Waals surface area contributed by atoms with Crippen LogP contribution in [0.3, 0.4) is 0 Å². The number of rotatable bonds is 5. The molecule has 0 bridgehead atoms. The Labute approximate surface area is 295 Å². The third kappa shape index (κ3) is 4.88. The van der Waals surface area contributed by atoms with Crippen LogP contribution in [0.25, 0.3) is 94.3 Å². The molecule has 0 atom stereocenters. The monoisotopic (exact) mass is 650 g/mol. The molecular weight excluding hydrogens is 621 g/mol. The first kappa shape index (κ1) is 29.0. The van der Waals surface area contributed by atoms with Gasteiger partial charge in [-0.2, -0.15) is 0 Å². The van der Waals surface area contributed by atoms with Gasteiger partial charge in [0.05, 0.1) is 33.6 Å². The summed E-state index contributed by atoms with van der Waals surface area (Å²) in [6.07, 6.45) is 0. The Balaban J connectivity index is 1.21. The van der Waals surface area contributed by atoms with Gasteiger partial charge in [-0.1, -0.05) is 158 Å². The molecule has 0 aliphatic heterocycles. The lowest BCUT2D eigenvalue weighted by Crippen LogP contribution is -1.98. The quantitative estimate of drug-likeness (QED) is 0.174. The molecule has 0 spiro atoms. The van der Waals surface area contributed by atoms with Gasteiger partial charge in [0.15, 0.2) is 5.82 Å². The second kappa shape index (κ2) is 11.9. The van der Waals surface area contributed by atoms with Gasteiger partial charge in [0, 0.05) is 49.5 Å². The van der Waals surface area contributed by atoms with Crippen LogP contribution in [0.2, 0.25) is 0 Å². The van der Waals surface area contributed by atoms with Crippen molar-refractivity contribution >= 4 is 43.5 Å². The maximum Gasteiger partial charge on any atom is 0.160 e. The van der Waals surface area contributed by atoms with Crippen LogP contribution in [0, 0.1) is 0 Å². The van der Waals surface area contributed by atoms with E-state index < -0.39 is 0 Å². The second-order valence-corrected chi connectivity index (χ2v) is 12.8. The summed E-state index contributed by atoms with van der Waals surface area (Å²) in [5.74, 6) is 0.707. The largest absolute Gasteiger partial charge is 0.308 e. The fourth-order valence-corrected chi connectivity index (χ4v) is 7.39. The molecule has 7 aromatic carbocycles. The number of hydrogen-bond donors (Lipinski definition) is 0. The molecule has 0 aliphatic carbocycles. The SMILES string of the molecule is c1ccc(-c2cc(-c3ccc(-n4c5ccccc5c5c(-c6ccccc6)nc6c7ccccc7ccc6c54)cc3)nc(-c3ccccc3)n2)cc1. The molecular formula is C47H30N4. The smallest absolute Gasteiger partial charge is 0.160 e. The van der Waals surface area contributed by atoms with Crippen molar-refractivity contribution in [1.82, 2.24) is 19.5 Å². The van der Waals surface area contributed by atoms with Gasteiger partial charge in [0.1, 0.15) is 0 Å². The Hall–Kier alpha value is -6.91. The number of pyridine rings is 1. The minimum atomic E-state index is 0.707. The predicted molar refractivity (Wildman–Crippen MR) is 211 cm³/mol. The summed E-state index contributed by atoms with van der Waals surface area (Å²) < 4.78 is 2.41. The first-order chi connectivity index (χ1) is 25.3. The molecule has 0 fully saturated rings. The van der Waals surface area contributed by atoms with E-state index in [-0.39, 0.29) is 0 Å². The normalized spacial score (nSPS) is 11.5. The highest BCUT2D eigenvalue weighted by Crippen LogP contribution is 2.42. The van der Waals surface area contributed by atoms with Gasteiger partial charge in [-0.3, -0.25) is 0 Å². The highest BCUT2D eigenvalue weighted by Gasteiger charge is 2.21. The van der Waals surface area contributed by atoms with Crippen molar-refractivity contribution in [3.05, 3.63) is 182 Å². The zero-order valence-electron chi connectivity index (χ0n) is 27.6. The van der Waals surface area contributed by atoms with Crippen molar-refractivity contribution in [2.45, 2.75) is 0 Å². The Morgan fingerprint density at radius 1 is 0.392 bits per heavy atom. The molecule has 238 valence electrons. The predicted octanol–water partition coefficient (Wildman–Crippen LogP) is 11.9. The van der Waals surface area contributed by atoms with Gasteiger partial charge in [-0.25, -0.2) is 15.0 Å². The third-order valence-electron chi connectivity index (χ3n) is 9.79. The molecule has 4 nitrogen and oxygen atoms in total. The topological polar surface area (TPSA) is 43.6 Å². The fraction of sp³-hybridized carbons (Fsp3) is 0. The molecule has 0 amide bonds. The minimum absolute atomic E-state index is 0.707. The van der Waals surface area contributed by atoms with E-state index in [4.69, 9.17) is 15.0 Å². The first-order valence-electron chi connectivity index (χ1n) is 17.2. The van der Waals surface area contributed by atoms with Crippen LogP contribution in [0.4, 0.5) is 0 Å². The van der Waals surface area contributed by atoms with E-state index in [2.05, 4.69) is 150 Å². The van der Waals surface area contributed by atoms with Crippen LogP contribution in [0.15, 0.2) is 182 Å². The molecule has 10 rings (SSSR count). The fourth-order valence-electron chi connectivity index (χ4n) is 7.39. The molecule has 3 aromatic heterocycles. The summed E-state index contributed by atoms with van der Waals surface area (Å²) in [4.78, 5) is 15.5. The van der Waals surface area contributed by atoms with Gasteiger partial charge in [0.25, 0.3) is 0 Å². The third-order valence-corrected chi connectivity index (χ3v) is 9.79. The highest BCUT2D eigenvalue weighted by molar-refractivity contribution is 6.25. The summed E-state index contributed by atoms with van der Waals surface area (Å²) in [6, 6.07) is 63.6. The van der Waals surface area contributed by atoms with Crippen molar-refractivity contribution in [2.75, 3.05) is 0 Å². The van der Waals surface area contributed by atoms with E-state index in [0.717, 1.165) is 77.7 Å². The van der Waals surface area contributed by atoms with Gasteiger partial charge in [0.2, 0.25) is 0 Å². The van der Waals surface area contributed by atoms with Crippen LogP contribution < -0.4 is 0 Å². The minimum Gasteiger partial charge on any atom is -0.308 e. The summed E-state index contributed by atoms with van der Waals surface area (Å²) in [5.41, 5.74) is 11.3. The van der Waals surface area contributed by atoms with Crippen LogP contribution in [0.5, 0.6) is 0 Å². The lowest BCUT2D eigenvalue weighted by molar-refractivity contribution is 1.17. The van der Waals surface area contributed by atoms with E-state index in [9.17, 15) is 0 Å². The molecule has 0 N–H and O–H groups in total. The maximum atomic E-state index is 5.45. The number of fused-ring (bicyclic) bond motifs is 7. The van der Waals surface area contributed by atoms with Crippen molar-refractivity contribution in [3.63, 3.8) is 0 Å². The van der Waals surface area contributed by atoms with Gasteiger partial charge < -0.3 is 4.57 Å². The molecule has 0 saturated heterocycles.